The van der Waals surface area contributed by atoms with Crippen LogP contribution >= 0.6 is 0 Å². The van der Waals surface area contributed by atoms with E-state index >= 15 is 0 Å². The molecule has 37 heavy (non-hydrogen) atoms. The van der Waals surface area contributed by atoms with Gasteiger partial charge in [-0.05, 0) is 64.8 Å². The molecule has 0 spiro atoms. The van der Waals surface area contributed by atoms with Gasteiger partial charge in [0.05, 0.1) is 35.4 Å². The number of methoxy groups -OCH3 is 1. The van der Waals surface area contributed by atoms with Gasteiger partial charge in [0.1, 0.15) is 18.0 Å². The molecule has 0 fully saturated rings. The van der Waals surface area contributed by atoms with Crippen LogP contribution in [0.25, 0.3) is 17.1 Å². The molecule has 0 saturated carbocycles. The largest absolute Gasteiger partial charge is 0.487 e. The molecule has 0 saturated heterocycles. The van der Waals surface area contributed by atoms with Crippen LogP contribution in [0.1, 0.15) is 47.8 Å². The Morgan fingerprint density at radius 2 is 1.73 bits per heavy atom. The molecule has 4 rings (SSSR count). The maximum Gasteiger partial charge on any atom is 0.261 e. The van der Waals surface area contributed by atoms with Crippen LogP contribution in [0.5, 0.6) is 11.6 Å². The molecule has 0 atom stereocenters. The van der Waals surface area contributed by atoms with Crippen LogP contribution < -0.4 is 15.0 Å². The summed E-state index contributed by atoms with van der Waals surface area (Å²) in [6, 6.07) is 9.13. The Morgan fingerprint density at radius 3 is 2.43 bits per heavy atom. The lowest BCUT2D eigenvalue weighted by Crippen LogP contribution is -2.24. The number of rotatable bonds is 7. The molecule has 9 heteroatoms. The first-order valence-electron chi connectivity index (χ1n) is 11.9. The fourth-order valence-electron chi connectivity index (χ4n) is 3.93. The molecule has 0 amide bonds. The second kappa shape index (κ2) is 10.1. The van der Waals surface area contributed by atoms with Crippen LogP contribution in [0.15, 0.2) is 47.5 Å². The monoisotopic (exact) mass is 501 g/mol. The van der Waals surface area contributed by atoms with E-state index in [1.807, 2.05) is 45.0 Å². The van der Waals surface area contributed by atoms with E-state index in [1.54, 1.807) is 50.9 Å². The Labute approximate surface area is 215 Å². The quantitative estimate of drug-likeness (QED) is 0.402. The average Bonchev–Trinajstić information content (AvgIpc) is 2.86. The van der Waals surface area contributed by atoms with E-state index < -0.39 is 5.60 Å². The summed E-state index contributed by atoms with van der Waals surface area (Å²) < 4.78 is 12.8. The number of hydrogen-bond donors (Lipinski definition) is 1. The molecule has 0 aliphatic rings. The van der Waals surface area contributed by atoms with Crippen molar-refractivity contribution in [2.24, 2.45) is 0 Å². The van der Waals surface area contributed by atoms with Crippen molar-refractivity contribution < 1.29 is 14.6 Å². The Balaban J connectivity index is 1.73. The molecule has 0 aromatic carbocycles. The van der Waals surface area contributed by atoms with Crippen molar-refractivity contribution >= 4 is 0 Å². The summed E-state index contributed by atoms with van der Waals surface area (Å²) in [7, 11) is 1.56. The maximum absolute atomic E-state index is 13.5. The topological polar surface area (TPSA) is 112 Å². The number of hydrogen-bond acceptors (Lipinski definition) is 8. The van der Waals surface area contributed by atoms with Crippen LogP contribution in [0.2, 0.25) is 0 Å². The fraction of sp³-hybridized carbons (Fsp3) is 0.321. The zero-order valence-electron chi connectivity index (χ0n) is 22.2. The van der Waals surface area contributed by atoms with E-state index in [2.05, 4.69) is 19.9 Å². The third kappa shape index (κ3) is 5.36. The van der Waals surface area contributed by atoms with Gasteiger partial charge in [-0.1, -0.05) is 6.07 Å². The predicted molar refractivity (Wildman–Crippen MR) is 140 cm³/mol. The number of nitrogens with zero attached hydrogens (tertiary/aromatic N) is 5. The lowest BCUT2D eigenvalue weighted by atomic mass is 10.1. The number of pyridine rings is 3. The third-order valence-electron chi connectivity index (χ3n) is 6.03. The lowest BCUT2D eigenvalue weighted by Gasteiger charge is -2.19. The summed E-state index contributed by atoms with van der Waals surface area (Å²) in [6.07, 6.45) is 3.39. The predicted octanol–water partition coefficient (Wildman–Crippen LogP) is 4.13. The Bertz CT molecular complexity index is 1520. The summed E-state index contributed by atoms with van der Waals surface area (Å²) in [5, 5.41) is 10.4. The highest BCUT2D eigenvalue weighted by Gasteiger charge is 2.22. The molecule has 4 heterocycles. The summed E-state index contributed by atoms with van der Waals surface area (Å²) >= 11 is 0. The van der Waals surface area contributed by atoms with Crippen LogP contribution in [0, 0.1) is 27.7 Å². The van der Waals surface area contributed by atoms with E-state index in [0.717, 1.165) is 11.1 Å². The molecular formula is C28H31N5O4. The average molecular weight is 502 g/mol. The highest BCUT2D eigenvalue weighted by Crippen LogP contribution is 2.27. The van der Waals surface area contributed by atoms with Gasteiger partial charge in [0.25, 0.3) is 5.56 Å². The van der Waals surface area contributed by atoms with Gasteiger partial charge >= 0.3 is 0 Å². The zero-order chi connectivity index (χ0) is 26.9. The van der Waals surface area contributed by atoms with E-state index in [1.165, 1.54) is 0 Å². The molecule has 0 bridgehead atoms. The van der Waals surface area contributed by atoms with Gasteiger partial charge < -0.3 is 14.6 Å². The van der Waals surface area contributed by atoms with Crippen molar-refractivity contribution in [3.05, 3.63) is 87.0 Å². The Hall–Kier alpha value is -4.11. The van der Waals surface area contributed by atoms with Gasteiger partial charge in [0.15, 0.2) is 5.82 Å². The van der Waals surface area contributed by atoms with E-state index in [4.69, 9.17) is 9.47 Å². The summed E-state index contributed by atoms with van der Waals surface area (Å²) in [5.74, 6) is 1.30. The lowest BCUT2D eigenvalue weighted by molar-refractivity contribution is 0.0688. The van der Waals surface area contributed by atoms with Crippen molar-refractivity contribution in [2.75, 3.05) is 7.11 Å². The molecular weight excluding hydrogens is 470 g/mol. The molecule has 4 aromatic rings. The van der Waals surface area contributed by atoms with Gasteiger partial charge in [-0.3, -0.25) is 14.3 Å². The Morgan fingerprint density at radius 1 is 1.00 bits per heavy atom. The summed E-state index contributed by atoms with van der Waals surface area (Å²) in [4.78, 5) is 31.3. The number of aryl methyl sites for hydroxylation is 3. The second-order valence-electron chi connectivity index (χ2n) is 9.52. The van der Waals surface area contributed by atoms with Gasteiger partial charge in [-0.2, -0.15) is 0 Å². The van der Waals surface area contributed by atoms with E-state index in [0.29, 0.717) is 51.5 Å². The first kappa shape index (κ1) is 26.0. The van der Waals surface area contributed by atoms with Crippen LogP contribution in [0.3, 0.4) is 0 Å². The van der Waals surface area contributed by atoms with Crippen molar-refractivity contribution in [3.8, 4) is 28.7 Å². The van der Waals surface area contributed by atoms with Crippen molar-refractivity contribution in [2.45, 2.75) is 53.8 Å². The third-order valence-corrected chi connectivity index (χ3v) is 6.03. The fourth-order valence-corrected chi connectivity index (χ4v) is 3.93. The first-order valence-corrected chi connectivity index (χ1v) is 11.9. The van der Waals surface area contributed by atoms with Crippen molar-refractivity contribution in [1.82, 2.24) is 24.5 Å². The minimum atomic E-state index is -1.20. The van der Waals surface area contributed by atoms with Crippen LogP contribution in [0.4, 0.5) is 0 Å². The molecule has 0 aliphatic heterocycles. The molecule has 9 nitrogen and oxygen atoms in total. The molecule has 0 aliphatic carbocycles. The highest BCUT2D eigenvalue weighted by atomic mass is 16.5. The molecule has 192 valence electrons. The number of ether oxygens (including phenoxy) is 2. The smallest absolute Gasteiger partial charge is 0.261 e. The van der Waals surface area contributed by atoms with Gasteiger partial charge in [-0.25, -0.2) is 15.0 Å². The van der Waals surface area contributed by atoms with Crippen molar-refractivity contribution in [3.63, 3.8) is 0 Å². The van der Waals surface area contributed by atoms with Crippen molar-refractivity contribution in [1.29, 1.82) is 0 Å². The molecule has 0 unspecified atom stereocenters. The van der Waals surface area contributed by atoms with Gasteiger partial charge in [-0.15, -0.1) is 0 Å². The molecule has 0 radical (unpaired) electrons. The summed E-state index contributed by atoms with van der Waals surface area (Å²) in [6.45, 7) is 10.9. The maximum atomic E-state index is 13.5. The second-order valence-corrected chi connectivity index (χ2v) is 9.52. The van der Waals surface area contributed by atoms with E-state index in [-0.39, 0.29) is 12.2 Å². The standard InChI is InChI=1S/C28H31N5O4/c1-16-13-29-21(25-17(2)14-30-27(32-25)28(5,6)35)12-22(16)33-18(3)11-23(19(4)26(33)34)37-15-20-9-8-10-24(31-20)36-7/h8-14,35H,15H2,1-7H3. The van der Waals surface area contributed by atoms with E-state index in [9.17, 15) is 9.90 Å². The minimum absolute atomic E-state index is 0.189. The summed E-state index contributed by atoms with van der Waals surface area (Å²) in [5.41, 5.74) is 4.01. The molecule has 1 N–H and O–H groups in total. The van der Waals surface area contributed by atoms with Crippen LogP contribution in [-0.2, 0) is 12.2 Å². The first-order chi connectivity index (χ1) is 17.5. The number of aromatic nitrogens is 5. The highest BCUT2D eigenvalue weighted by molar-refractivity contribution is 5.62. The number of aliphatic hydroxyl groups is 1. The zero-order valence-corrected chi connectivity index (χ0v) is 22.2. The van der Waals surface area contributed by atoms with Gasteiger partial charge in [0.2, 0.25) is 5.88 Å². The normalized spacial score (nSPS) is 11.5. The SMILES string of the molecule is COc1cccc(COc2cc(C)n(-c3cc(-c4nc(C(C)(C)O)ncc4C)ncc3C)c(=O)c2C)n1. The Kier molecular flexibility index (Phi) is 7.09. The minimum Gasteiger partial charge on any atom is -0.487 e. The van der Waals surface area contributed by atoms with Gasteiger partial charge in [0, 0.05) is 30.2 Å². The molecule has 4 aromatic heterocycles. The van der Waals surface area contributed by atoms with Crippen LogP contribution in [-0.4, -0.2) is 36.7 Å².